The summed E-state index contributed by atoms with van der Waals surface area (Å²) >= 11 is 0. The first-order valence-electron chi connectivity index (χ1n) is 6.52. The zero-order chi connectivity index (χ0) is 11.5. The number of hydrogen-bond donors (Lipinski definition) is 0. The molecule has 0 unspecified atom stereocenters. The Labute approximate surface area is 95.9 Å². The van der Waals surface area contributed by atoms with Crippen LogP contribution in [0, 0.1) is 5.92 Å². The van der Waals surface area contributed by atoms with Crippen LogP contribution in [0.4, 0.5) is 0 Å². The van der Waals surface area contributed by atoms with Gasteiger partial charge in [-0.05, 0) is 38.2 Å². The van der Waals surface area contributed by atoms with Crippen molar-refractivity contribution in [3.05, 3.63) is 11.8 Å². The van der Waals surface area contributed by atoms with Crippen molar-refractivity contribution < 1.29 is 4.74 Å². The third-order valence-corrected chi connectivity index (χ3v) is 2.48. The molecule has 0 rings (SSSR count). The van der Waals surface area contributed by atoms with E-state index in [1.54, 1.807) is 0 Å². The van der Waals surface area contributed by atoms with Crippen molar-refractivity contribution in [3.63, 3.8) is 0 Å². The second-order valence-electron chi connectivity index (χ2n) is 4.53. The van der Waals surface area contributed by atoms with Crippen molar-refractivity contribution >= 4 is 0 Å². The molecule has 1 nitrogen and oxygen atoms in total. The second-order valence-corrected chi connectivity index (χ2v) is 4.53. The van der Waals surface area contributed by atoms with Crippen LogP contribution in [0.2, 0.25) is 0 Å². The van der Waals surface area contributed by atoms with Crippen molar-refractivity contribution in [2.45, 2.75) is 66.2 Å². The van der Waals surface area contributed by atoms with Gasteiger partial charge in [-0.2, -0.15) is 0 Å². The van der Waals surface area contributed by atoms with Gasteiger partial charge in [0.1, 0.15) is 0 Å². The Bertz CT molecular complexity index is 159. The van der Waals surface area contributed by atoms with Gasteiger partial charge in [-0.25, -0.2) is 0 Å². The molecule has 0 aromatic rings. The highest BCUT2D eigenvalue weighted by Gasteiger charge is 2.00. The maximum absolute atomic E-state index is 5.63. The van der Waals surface area contributed by atoms with Crippen LogP contribution in [0.5, 0.6) is 0 Å². The van der Waals surface area contributed by atoms with Crippen LogP contribution >= 0.6 is 0 Å². The molecule has 0 saturated carbocycles. The monoisotopic (exact) mass is 212 g/mol. The van der Waals surface area contributed by atoms with Crippen molar-refractivity contribution in [2.75, 3.05) is 6.61 Å². The Balaban J connectivity index is 3.78. The fraction of sp³-hybridized carbons (Fsp3) is 0.857. The van der Waals surface area contributed by atoms with Crippen LogP contribution in [0.25, 0.3) is 0 Å². The third-order valence-electron chi connectivity index (χ3n) is 2.48. The molecule has 15 heavy (non-hydrogen) atoms. The van der Waals surface area contributed by atoms with Crippen LogP contribution in [0.1, 0.15) is 66.2 Å². The molecule has 0 radical (unpaired) electrons. The molecule has 90 valence electrons. The van der Waals surface area contributed by atoms with E-state index >= 15 is 0 Å². The zero-order valence-electron chi connectivity index (χ0n) is 11.0. The van der Waals surface area contributed by atoms with E-state index in [1.807, 2.05) is 0 Å². The largest absolute Gasteiger partial charge is 0.499 e. The second kappa shape index (κ2) is 10.1. The average molecular weight is 212 g/mol. The summed E-state index contributed by atoms with van der Waals surface area (Å²) in [6.45, 7) is 9.64. The Hall–Kier alpha value is -0.460. The van der Waals surface area contributed by atoms with E-state index in [2.05, 4.69) is 33.8 Å². The van der Waals surface area contributed by atoms with Crippen LogP contribution < -0.4 is 0 Å². The Morgan fingerprint density at radius 3 is 2.47 bits per heavy atom. The summed E-state index contributed by atoms with van der Waals surface area (Å²) < 4.78 is 5.63. The lowest BCUT2D eigenvalue weighted by Crippen LogP contribution is -1.95. The first-order valence-corrected chi connectivity index (χ1v) is 6.52. The summed E-state index contributed by atoms with van der Waals surface area (Å²) in [5.41, 5.74) is 0. The third kappa shape index (κ3) is 9.84. The minimum Gasteiger partial charge on any atom is -0.499 e. The first-order chi connectivity index (χ1) is 7.20. The molecule has 0 heterocycles. The normalized spacial score (nSPS) is 12.2. The van der Waals surface area contributed by atoms with Gasteiger partial charge < -0.3 is 4.74 Å². The molecule has 0 N–H and O–H groups in total. The van der Waals surface area contributed by atoms with E-state index in [9.17, 15) is 0 Å². The van der Waals surface area contributed by atoms with Crippen LogP contribution in [-0.4, -0.2) is 6.61 Å². The highest BCUT2D eigenvalue weighted by Crippen LogP contribution is 2.14. The first kappa shape index (κ1) is 14.5. The van der Waals surface area contributed by atoms with Gasteiger partial charge in [0.15, 0.2) is 0 Å². The molecular formula is C14H28O. The van der Waals surface area contributed by atoms with Crippen LogP contribution in [-0.2, 0) is 4.74 Å². The SMILES string of the molecule is CCCCC/C=C(/CCC(C)C)OCC. The molecule has 0 fully saturated rings. The summed E-state index contributed by atoms with van der Waals surface area (Å²) in [4.78, 5) is 0. The number of rotatable bonds is 9. The van der Waals surface area contributed by atoms with E-state index < -0.39 is 0 Å². The van der Waals surface area contributed by atoms with E-state index in [4.69, 9.17) is 4.74 Å². The molecule has 0 aliphatic heterocycles. The molecule has 0 aliphatic carbocycles. The number of unbranched alkanes of at least 4 members (excludes halogenated alkanes) is 3. The van der Waals surface area contributed by atoms with Gasteiger partial charge in [0.05, 0.1) is 12.4 Å². The van der Waals surface area contributed by atoms with Crippen LogP contribution in [0.15, 0.2) is 11.8 Å². The molecule has 0 aliphatic rings. The fourth-order valence-electron chi connectivity index (χ4n) is 1.51. The molecule has 0 bridgehead atoms. The Kier molecular flexibility index (Phi) is 9.76. The fourth-order valence-corrected chi connectivity index (χ4v) is 1.51. The number of ether oxygens (including phenoxy) is 1. The quantitative estimate of drug-likeness (QED) is 0.389. The number of hydrogen-bond acceptors (Lipinski definition) is 1. The summed E-state index contributed by atoms with van der Waals surface area (Å²) in [5.74, 6) is 1.98. The lowest BCUT2D eigenvalue weighted by molar-refractivity contribution is 0.212. The summed E-state index contributed by atoms with van der Waals surface area (Å²) in [5, 5.41) is 0. The molecule has 0 aromatic carbocycles. The molecule has 0 amide bonds. The minimum absolute atomic E-state index is 0.768. The smallest absolute Gasteiger partial charge is 0.0919 e. The maximum Gasteiger partial charge on any atom is 0.0919 e. The van der Waals surface area contributed by atoms with E-state index in [1.165, 1.54) is 37.9 Å². The molecule has 0 saturated heterocycles. The summed E-state index contributed by atoms with van der Waals surface area (Å²) in [6, 6.07) is 0. The van der Waals surface area contributed by atoms with Gasteiger partial charge >= 0.3 is 0 Å². The minimum atomic E-state index is 0.768. The lowest BCUT2D eigenvalue weighted by Gasteiger charge is -2.10. The van der Waals surface area contributed by atoms with Crippen molar-refractivity contribution in [1.82, 2.24) is 0 Å². The molecule has 0 atom stereocenters. The van der Waals surface area contributed by atoms with Gasteiger partial charge in [0.2, 0.25) is 0 Å². The van der Waals surface area contributed by atoms with Crippen molar-refractivity contribution in [1.29, 1.82) is 0 Å². The van der Waals surface area contributed by atoms with Gasteiger partial charge in [-0.3, -0.25) is 0 Å². The average Bonchev–Trinajstić information content (AvgIpc) is 2.20. The van der Waals surface area contributed by atoms with Crippen molar-refractivity contribution in [2.24, 2.45) is 5.92 Å². The molecule has 0 spiro atoms. The van der Waals surface area contributed by atoms with E-state index in [0.717, 1.165) is 18.9 Å². The van der Waals surface area contributed by atoms with E-state index in [-0.39, 0.29) is 0 Å². The molecular weight excluding hydrogens is 184 g/mol. The van der Waals surface area contributed by atoms with Gasteiger partial charge in [-0.15, -0.1) is 0 Å². The summed E-state index contributed by atoms with van der Waals surface area (Å²) in [6.07, 6.45) is 9.75. The van der Waals surface area contributed by atoms with Gasteiger partial charge in [0, 0.05) is 6.42 Å². The molecule has 1 heteroatoms. The zero-order valence-corrected chi connectivity index (χ0v) is 11.0. The van der Waals surface area contributed by atoms with Gasteiger partial charge in [0.25, 0.3) is 0 Å². The Morgan fingerprint density at radius 2 is 1.93 bits per heavy atom. The standard InChI is InChI=1S/C14H28O/c1-5-7-8-9-10-14(15-6-2)12-11-13(3)4/h10,13H,5-9,11-12H2,1-4H3/b14-10-. The highest BCUT2D eigenvalue weighted by molar-refractivity contribution is 4.93. The molecule has 0 aromatic heterocycles. The van der Waals surface area contributed by atoms with E-state index in [0.29, 0.717) is 0 Å². The van der Waals surface area contributed by atoms with Gasteiger partial charge in [-0.1, -0.05) is 33.6 Å². The topological polar surface area (TPSA) is 9.23 Å². The van der Waals surface area contributed by atoms with Crippen molar-refractivity contribution in [3.8, 4) is 0 Å². The lowest BCUT2D eigenvalue weighted by atomic mass is 10.1. The summed E-state index contributed by atoms with van der Waals surface area (Å²) in [7, 11) is 0. The highest BCUT2D eigenvalue weighted by atomic mass is 16.5. The van der Waals surface area contributed by atoms with Crippen LogP contribution in [0.3, 0.4) is 0 Å². The number of allylic oxidation sites excluding steroid dienone is 2. The predicted octanol–water partition coefficient (Wildman–Crippen LogP) is 4.92. The Morgan fingerprint density at radius 1 is 1.20 bits per heavy atom. The predicted molar refractivity (Wildman–Crippen MR) is 67.9 cm³/mol. The maximum atomic E-state index is 5.63.